The van der Waals surface area contributed by atoms with E-state index in [-0.39, 0.29) is 12.5 Å². The molecule has 1 aliphatic rings. The van der Waals surface area contributed by atoms with Crippen LogP contribution in [0.15, 0.2) is 65.9 Å². The molecule has 1 aliphatic carbocycles. The average molecular weight is 317 g/mol. The van der Waals surface area contributed by atoms with Crippen LogP contribution in [0.3, 0.4) is 0 Å². The van der Waals surface area contributed by atoms with E-state index < -0.39 is 0 Å². The molecule has 2 aromatic carbocycles. The first-order valence-corrected chi connectivity index (χ1v) is 8.29. The lowest BCUT2D eigenvalue weighted by Gasteiger charge is -2.17. The average Bonchev–Trinajstić information content (AvgIpc) is 3.03. The molecule has 0 fully saturated rings. The van der Waals surface area contributed by atoms with Crippen LogP contribution >= 0.6 is 0 Å². The van der Waals surface area contributed by atoms with Crippen LogP contribution < -0.4 is 5.43 Å². The number of hydrazone groups is 1. The van der Waals surface area contributed by atoms with Crippen LogP contribution in [0.2, 0.25) is 0 Å². The highest BCUT2D eigenvalue weighted by Gasteiger charge is 2.15. The molecule has 0 spiro atoms. The third-order valence-electron chi connectivity index (χ3n) is 4.50. The Hall–Kier alpha value is -2.88. The monoisotopic (exact) mass is 317 g/mol. The summed E-state index contributed by atoms with van der Waals surface area (Å²) in [6, 6.07) is 18.4. The summed E-state index contributed by atoms with van der Waals surface area (Å²) in [7, 11) is 0. The lowest BCUT2D eigenvalue weighted by molar-refractivity contribution is -0.121. The minimum atomic E-state index is -0.105. The quantitative estimate of drug-likeness (QED) is 0.738. The minimum absolute atomic E-state index is 0.105. The normalized spacial score (nSPS) is 15.4. The number of carbonyl (C=O) groups is 1. The first-order valence-electron chi connectivity index (χ1n) is 8.29. The maximum absolute atomic E-state index is 12.3. The number of aromatic nitrogens is 1. The van der Waals surface area contributed by atoms with Gasteiger partial charge in [-0.2, -0.15) is 5.10 Å². The Balaban J connectivity index is 1.49. The molecular weight excluding hydrogens is 298 g/mol. The Labute approximate surface area is 140 Å². The maximum Gasteiger partial charge on any atom is 0.259 e. The van der Waals surface area contributed by atoms with Crippen molar-refractivity contribution in [2.45, 2.75) is 25.8 Å². The Morgan fingerprint density at radius 3 is 2.83 bits per heavy atom. The number of benzene rings is 2. The van der Waals surface area contributed by atoms with Gasteiger partial charge in [0.05, 0.1) is 5.71 Å². The van der Waals surface area contributed by atoms with Crippen molar-refractivity contribution in [3.8, 4) is 0 Å². The van der Waals surface area contributed by atoms with Gasteiger partial charge < -0.3 is 4.57 Å². The van der Waals surface area contributed by atoms with Crippen LogP contribution in [0.5, 0.6) is 0 Å². The number of nitrogens with one attached hydrogen (secondary N) is 1. The number of aryl methyl sites for hydroxylation is 1. The van der Waals surface area contributed by atoms with Crippen LogP contribution in [0.25, 0.3) is 10.9 Å². The standard InChI is InChI=1S/C20H19N3O/c24-20(14-23-13-12-16-7-2-4-11-19(16)23)22-21-18-10-5-8-15-6-1-3-9-17(15)18/h1-4,6-7,9,11-13H,5,8,10,14H2,(H,22,24)/b21-18+. The number of carbonyl (C=O) groups excluding carboxylic acids is 1. The number of hydrogen-bond acceptors (Lipinski definition) is 2. The molecule has 0 bridgehead atoms. The van der Waals surface area contributed by atoms with Crippen LogP contribution in [-0.4, -0.2) is 16.2 Å². The van der Waals surface area contributed by atoms with E-state index in [4.69, 9.17) is 0 Å². The molecule has 3 aromatic rings. The lowest BCUT2D eigenvalue weighted by atomic mass is 9.90. The number of para-hydroxylation sites is 1. The van der Waals surface area contributed by atoms with Gasteiger partial charge >= 0.3 is 0 Å². The zero-order chi connectivity index (χ0) is 16.4. The topological polar surface area (TPSA) is 46.4 Å². The lowest BCUT2D eigenvalue weighted by Crippen LogP contribution is -2.25. The molecule has 0 atom stereocenters. The largest absolute Gasteiger partial charge is 0.338 e. The molecule has 4 heteroatoms. The molecule has 1 amide bonds. The summed E-state index contributed by atoms with van der Waals surface area (Å²) >= 11 is 0. The summed E-state index contributed by atoms with van der Waals surface area (Å²) in [5.41, 5.74) is 7.23. The van der Waals surface area contributed by atoms with Crippen molar-refractivity contribution >= 4 is 22.5 Å². The highest BCUT2D eigenvalue weighted by molar-refractivity contribution is 6.03. The van der Waals surface area contributed by atoms with Crippen molar-refractivity contribution in [2.24, 2.45) is 5.10 Å². The van der Waals surface area contributed by atoms with Crippen LogP contribution in [0, 0.1) is 0 Å². The third-order valence-corrected chi connectivity index (χ3v) is 4.50. The molecule has 1 aromatic heterocycles. The zero-order valence-corrected chi connectivity index (χ0v) is 13.4. The molecule has 4 rings (SSSR count). The van der Waals surface area contributed by atoms with Crippen LogP contribution in [0.1, 0.15) is 24.0 Å². The summed E-state index contributed by atoms with van der Waals surface area (Å²) in [6.07, 6.45) is 5.00. The fraction of sp³-hybridized carbons (Fsp3) is 0.200. The van der Waals surface area contributed by atoms with Gasteiger partial charge in [0.15, 0.2) is 0 Å². The molecule has 0 radical (unpaired) electrons. The van der Waals surface area contributed by atoms with Crippen molar-refractivity contribution in [1.82, 2.24) is 9.99 Å². The van der Waals surface area contributed by atoms with Crippen molar-refractivity contribution < 1.29 is 4.79 Å². The van der Waals surface area contributed by atoms with Gasteiger partial charge in [0.2, 0.25) is 0 Å². The summed E-state index contributed by atoms with van der Waals surface area (Å²) in [5, 5.41) is 5.53. The van der Waals surface area contributed by atoms with Gasteiger partial charge in [0, 0.05) is 17.3 Å². The SMILES string of the molecule is O=C(Cn1ccc2ccccc21)N/N=C1\CCCc2ccccc21. The molecule has 1 heterocycles. The Kier molecular flexibility index (Phi) is 3.87. The van der Waals surface area contributed by atoms with Crippen molar-refractivity contribution in [2.75, 3.05) is 0 Å². The molecule has 0 aliphatic heterocycles. The molecule has 24 heavy (non-hydrogen) atoms. The van der Waals surface area contributed by atoms with Crippen LogP contribution in [-0.2, 0) is 17.8 Å². The van der Waals surface area contributed by atoms with Gasteiger partial charge in [0.25, 0.3) is 5.91 Å². The second-order valence-electron chi connectivity index (χ2n) is 6.11. The number of hydrogen-bond donors (Lipinski definition) is 1. The summed E-state index contributed by atoms with van der Waals surface area (Å²) < 4.78 is 1.94. The van der Waals surface area contributed by atoms with E-state index in [1.807, 2.05) is 47.2 Å². The van der Waals surface area contributed by atoms with Gasteiger partial charge in [-0.3, -0.25) is 4.79 Å². The molecular formula is C20H19N3O. The zero-order valence-electron chi connectivity index (χ0n) is 13.4. The first-order chi connectivity index (χ1) is 11.8. The van der Waals surface area contributed by atoms with E-state index in [1.54, 1.807) is 0 Å². The molecule has 0 saturated heterocycles. The fourth-order valence-electron chi connectivity index (χ4n) is 3.32. The van der Waals surface area contributed by atoms with Gasteiger partial charge in [-0.15, -0.1) is 0 Å². The first kappa shape index (κ1) is 14.7. The summed E-state index contributed by atoms with van der Waals surface area (Å²) in [4.78, 5) is 12.3. The molecule has 1 N–H and O–H groups in total. The maximum atomic E-state index is 12.3. The summed E-state index contributed by atoms with van der Waals surface area (Å²) in [5.74, 6) is -0.105. The molecule has 120 valence electrons. The highest BCUT2D eigenvalue weighted by Crippen LogP contribution is 2.21. The number of rotatable bonds is 3. The van der Waals surface area contributed by atoms with Gasteiger partial charge in [-0.05, 0) is 42.3 Å². The smallest absolute Gasteiger partial charge is 0.259 e. The van der Waals surface area contributed by atoms with E-state index in [9.17, 15) is 4.79 Å². The Morgan fingerprint density at radius 2 is 1.88 bits per heavy atom. The van der Waals surface area contributed by atoms with Crippen molar-refractivity contribution in [3.05, 3.63) is 71.9 Å². The second-order valence-corrected chi connectivity index (χ2v) is 6.11. The van der Waals surface area contributed by atoms with Crippen molar-refractivity contribution in [3.63, 3.8) is 0 Å². The molecule has 0 saturated carbocycles. The fourth-order valence-corrected chi connectivity index (χ4v) is 3.32. The van der Waals surface area contributed by atoms with E-state index in [1.165, 1.54) is 5.56 Å². The van der Waals surface area contributed by atoms with E-state index in [0.717, 1.165) is 41.4 Å². The predicted molar refractivity (Wildman–Crippen MR) is 96.0 cm³/mol. The molecule has 0 unspecified atom stereocenters. The summed E-state index contributed by atoms with van der Waals surface area (Å²) in [6.45, 7) is 0.270. The number of amides is 1. The minimum Gasteiger partial charge on any atom is -0.338 e. The predicted octanol–water partition coefficient (Wildman–Crippen LogP) is 3.50. The van der Waals surface area contributed by atoms with E-state index in [2.05, 4.69) is 28.7 Å². The second kappa shape index (κ2) is 6.32. The Bertz CT molecular complexity index is 923. The van der Waals surface area contributed by atoms with Gasteiger partial charge in [0.1, 0.15) is 6.54 Å². The third kappa shape index (κ3) is 2.83. The van der Waals surface area contributed by atoms with Crippen LogP contribution in [0.4, 0.5) is 0 Å². The van der Waals surface area contributed by atoms with Gasteiger partial charge in [-0.1, -0.05) is 42.5 Å². The highest BCUT2D eigenvalue weighted by atomic mass is 16.2. The van der Waals surface area contributed by atoms with E-state index >= 15 is 0 Å². The number of fused-ring (bicyclic) bond motifs is 2. The Morgan fingerprint density at radius 1 is 1.04 bits per heavy atom. The number of nitrogens with zero attached hydrogens (tertiary/aromatic N) is 2. The van der Waals surface area contributed by atoms with Crippen molar-refractivity contribution in [1.29, 1.82) is 0 Å². The molecule has 4 nitrogen and oxygen atoms in total. The van der Waals surface area contributed by atoms with Gasteiger partial charge in [-0.25, -0.2) is 5.43 Å². The van der Waals surface area contributed by atoms with E-state index in [0.29, 0.717) is 0 Å².